The molecule has 0 aliphatic rings. The first-order chi connectivity index (χ1) is 7.84. The highest BCUT2D eigenvalue weighted by molar-refractivity contribution is 5.91. The predicted octanol–water partition coefficient (Wildman–Crippen LogP) is 2.59. The summed E-state index contributed by atoms with van der Waals surface area (Å²) in [5, 5.41) is 17.0. The summed E-state index contributed by atoms with van der Waals surface area (Å²) in [6, 6.07) is 6.36. The molecule has 3 nitrogen and oxygen atoms in total. The molecule has 0 heterocycles. The van der Waals surface area contributed by atoms with Crippen LogP contribution in [-0.4, -0.2) is 17.3 Å². The minimum Gasteiger partial charge on any atom is -0.478 e. The van der Waals surface area contributed by atoms with Gasteiger partial charge in [-0.2, -0.15) is 18.4 Å². The lowest BCUT2D eigenvalue weighted by Gasteiger charge is -2.11. The number of benzene rings is 1. The predicted molar refractivity (Wildman–Crippen MR) is 52.8 cm³/mol. The number of carbonyl (C=O) groups is 1. The summed E-state index contributed by atoms with van der Waals surface area (Å²) in [7, 11) is 0. The highest BCUT2D eigenvalue weighted by Gasteiger charge is 2.35. The summed E-state index contributed by atoms with van der Waals surface area (Å²) < 4.78 is 37.8. The second-order valence-electron chi connectivity index (χ2n) is 3.09. The highest BCUT2D eigenvalue weighted by Crippen LogP contribution is 2.33. The van der Waals surface area contributed by atoms with Crippen LogP contribution in [0.15, 0.2) is 30.3 Å². The van der Waals surface area contributed by atoms with Gasteiger partial charge in [0.15, 0.2) is 0 Å². The van der Waals surface area contributed by atoms with E-state index in [9.17, 15) is 18.0 Å². The molecule has 0 spiro atoms. The Hall–Kier alpha value is -2.29. The number of alkyl halides is 3. The van der Waals surface area contributed by atoms with E-state index in [0.29, 0.717) is 0 Å². The van der Waals surface area contributed by atoms with Crippen molar-refractivity contribution in [1.29, 1.82) is 5.26 Å². The van der Waals surface area contributed by atoms with Crippen molar-refractivity contribution >= 4 is 11.5 Å². The van der Waals surface area contributed by atoms with Crippen LogP contribution >= 0.6 is 0 Å². The van der Waals surface area contributed by atoms with Gasteiger partial charge < -0.3 is 5.11 Å². The number of hydrogen-bond acceptors (Lipinski definition) is 2. The molecule has 0 aromatic heterocycles. The third kappa shape index (κ3) is 3.34. The fraction of sp³-hybridized carbons (Fsp3) is 0.0909. The van der Waals surface area contributed by atoms with E-state index >= 15 is 0 Å². The summed E-state index contributed by atoms with van der Waals surface area (Å²) in [5.41, 5.74) is -1.61. The van der Waals surface area contributed by atoms with E-state index in [1.165, 1.54) is 12.1 Å². The average Bonchev–Trinajstić information content (AvgIpc) is 2.24. The monoisotopic (exact) mass is 241 g/mol. The summed E-state index contributed by atoms with van der Waals surface area (Å²) in [6.07, 6.45) is -4.71. The zero-order chi connectivity index (χ0) is 13.1. The maximum atomic E-state index is 12.6. The molecule has 0 aliphatic carbocycles. The van der Waals surface area contributed by atoms with E-state index in [0.717, 1.165) is 12.1 Å². The molecule has 88 valence electrons. The summed E-state index contributed by atoms with van der Waals surface area (Å²) >= 11 is 0. The lowest BCUT2D eigenvalue weighted by molar-refractivity contribution is -0.131. The van der Waals surface area contributed by atoms with E-state index in [2.05, 4.69) is 0 Å². The molecule has 0 aliphatic heterocycles. The van der Waals surface area contributed by atoms with Gasteiger partial charge in [-0.3, -0.25) is 0 Å². The van der Waals surface area contributed by atoms with Gasteiger partial charge in [-0.1, -0.05) is 12.1 Å². The number of carboxylic acid groups (broad SMARTS) is 1. The molecule has 1 aromatic carbocycles. The SMILES string of the molecule is N#Cc1cccc(C(=CC(=O)O)C(F)(F)F)c1. The van der Waals surface area contributed by atoms with Crippen LogP contribution in [0.3, 0.4) is 0 Å². The Morgan fingerprint density at radius 1 is 1.41 bits per heavy atom. The van der Waals surface area contributed by atoms with Crippen LogP contribution in [0.4, 0.5) is 13.2 Å². The number of halogens is 3. The van der Waals surface area contributed by atoms with Crippen LogP contribution in [0, 0.1) is 11.3 Å². The molecule has 1 aromatic rings. The van der Waals surface area contributed by atoms with Crippen molar-refractivity contribution in [3.05, 3.63) is 41.5 Å². The molecular formula is C11H6F3NO2. The van der Waals surface area contributed by atoms with Gasteiger partial charge in [0.1, 0.15) is 0 Å². The Balaban J connectivity index is 3.34. The number of rotatable bonds is 2. The van der Waals surface area contributed by atoms with E-state index < -0.39 is 17.7 Å². The van der Waals surface area contributed by atoms with Crippen molar-refractivity contribution in [2.45, 2.75) is 6.18 Å². The number of allylic oxidation sites excluding steroid dienone is 1. The van der Waals surface area contributed by atoms with Crippen molar-refractivity contribution in [2.24, 2.45) is 0 Å². The van der Waals surface area contributed by atoms with Gasteiger partial charge in [-0.25, -0.2) is 4.79 Å². The smallest absolute Gasteiger partial charge is 0.417 e. The van der Waals surface area contributed by atoms with Crippen molar-refractivity contribution in [3.63, 3.8) is 0 Å². The molecule has 0 amide bonds. The minimum absolute atomic E-state index is 0.0306. The fourth-order valence-corrected chi connectivity index (χ4v) is 1.21. The van der Waals surface area contributed by atoms with Gasteiger partial charge >= 0.3 is 12.1 Å². The Morgan fingerprint density at radius 2 is 2.06 bits per heavy atom. The largest absolute Gasteiger partial charge is 0.478 e. The van der Waals surface area contributed by atoms with Crippen molar-refractivity contribution in [3.8, 4) is 6.07 Å². The second-order valence-corrected chi connectivity index (χ2v) is 3.09. The fourth-order valence-electron chi connectivity index (χ4n) is 1.21. The standard InChI is InChI=1S/C11H6F3NO2/c12-11(13,14)9(5-10(16)17)8-3-1-2-7(4-8)6-15/h1-5H,(H,16,17). The molecule has 0 fully saturated rings. The Kier molecular flexibility index (Phi) is 3.53. The molecule has 0 unspecified atom stereocenters. The first-order valence-electron chi connectivity index (χ1n) is 4.37. The Labute approximate surface area is 94.4 Å². The quantitative estimate of drug-likeness (QED) is 0.809. The molecule has 0 saturated heterocycles. The third-order valence-corrected chi connectivity index (χ3v) is 1.88. The van der Waals surface area contributed by atoms with E-state index in [-0.39, 0.29) is 17.2 Å². The molecule has 1 N–H and O–H groups in total. The van der Waals surface area contributed by atoms with Gasteiger partial charge in [0.05, 0.1) is 17.2 Å². The minimum atomic E-state index is -4.79. The molecule has 6 heteroatoms. The van der Waals surface area contributed by atoms with Crippen LogP contribution in [0.25, 0.3) is 5.57 Å². The number of hydrogen-bond donors (Lipinski definition) is 1. The topological polar surface area (TPSA) is 61.1 Å². The van der Waals surface area contributed by atoms with E-state index in [1.54, 1.807) is 6.07 Å². The molecule has 0 radical (unpaired) electrons. The van der Waals surface area contributed by atoms with Crippen LogP contribution in [0.2, 0.25) is 0 Å². The zero-order valence-corrected chi connectivity index (χ0v) is 8.32. The summed E-state index contributed by atoms with van der Waals surface area (Å²) in [6.45, 7) is 0. The second kappa shape index (κ2) is 4.70. The Bertz CT molecular complexity index is 512. The summed E-state index contributed by atoms with van der Waals surface area (Å²) in [5.74, 6) is -1.69. The normalized spacial score (nSPS) is 12.0. The van der Waals surface area contributed by atoms with Gasteiger partial charge in [-0.15, -0.1) is 0 Å². The van der Waals surface area contributed by atoms with Gasteiger partial charge in [-0.05, 0) is 17.7 Å². The average molecular weight is 241 g/mol. The maximum Gasteiger partial charge on any atom is 0.417 e. The van der Waals surface area contributed by atoms with Gasteiger partial charge in [0.25, 0.3) is 0 Å². The molecule has 0 atom stereocenters. The maximum absolute atomic E-state index is 12.6. The van der Waals surface area contributed by atoms with Crippen molar-refractivity contribution in [1.82, 2.24) is 0 Å². The van der Waals surface area contributed by atoms with Crippen LogP contribution in [-0.2, 0) is 4.79 Å². The number of carboxylic acids is 1. The highest BCUT2D eigenvalue weighted by atomic mass is 19.4. The van der Waals surface area contributed by atoms with Crippen LogP contribution < -0.4 is 0 Å². The first-order valence-corrected chi connectivity index (χ1v) is 4.37. The van der Waals surface area contributed by atoms with E-state index in [1.807, 2.05) is 0 Å². The lowest BCUT2D eigenvalue weighted by atomic mass is 10.0. The number of nitriles is 1. The van der Waals surface area contributed by atoms with E-state index in [4.69, 9.17) is 10.4 Å². The molecule has 17 heavy (non-hydrogen) atoms. The lowest BCUT2D eigenvalue weighted by Crippen LogP contribution is -2.12. The first kappa shape index (κ1) is 12.8. The van der Waals surface area contributed by atoms with Crippen LogP contribution in [0.5, 0.6) is 0 Å². The Morgan fingerprint density at radius 3 is 2.53 bits per heavy atom. The van der Waals surface area contributed by atoms with Crippen LogP contribution in [0.1, 0.15) is 11.1 Å². The molecular weight excluding hydrogens is 235 g/mol. The van der Waals surface area contributed by atoms with Gasteiger partial charge in [0, 0.05) is 6.08 Å². The van der Waals surface area contributed by atoms with Crippen molar-refractivity contribution < 1.29 is 23.1 Å². The molecule has 1 rings (SSSR count). The van der Waals surface area contributed by atoms with Crippen molar-refractivity contribution in [2.75, 3.05) is 0 Å². The molecule has 0 bridgehead atoms. The zero-order valence-electron chi connectivity index (χ0n) is 8.32. The number of nitrogens with zero attached hydrogens (tertiary/aromatic N) is 1. The number of aliphatic carboxylic acids is 1. The summed E-state index contributed by atoms with van der Waals surface area (Å²) in [4.78, 5) is 10.3. The third-order valence-electron chi connectivity index (χ3n) is 1.88. The molecule has 0 saturated carbocycles. The van der Waals surface area contributed by atoms with Gasteiger partial charge in [0.2, 0.25) is 0 Å².